The van der Waals surface area contributed by atoms with E-state index >= 15 is 0 Å². The van der Waals surface area contributed by atoms with Crippen LogP contribution in [0.4, 0.5) is 0 Å². The van der Waals surface area contributed by atoms with Crippen molar-refractivity contribution >= 4 is 0 Å². The number of rotatable bonds is 1. The Hall–Kier alpha value is -1.77. The zero-order chi connectivity index (χ0) is 9.38. The first-order valence-electron chi connectivity index (χ1n) is 4.69. The van der Waals surface area contributed by atoms with Crippen molar-refractivity contribution in [2.24, 2.45) is 0 Å². The van der Waals surface area contributed by atoms with E-state index in [9.17, 15) is 0 Å². The summed E-state index contributed by atoms with van der Waals surface area (Å²) in [5.41, 5.74) is 3.52. The predicted octanol–water partition coefficient (Wildman–Crippen LogP) is 2.01. The van der Waals surface area contributed by atoms with E-state index in [4.69, 9.17) is 4.74 Å². The molecule has 3 rings (SSSR count). The molecule has 1 aliphatic rings. The van der Waals surface area contributed by atoms with Crippen LogP contribution >= 0.6 is 0 Å². The lowest BCUT2D eigenvalue weighted by atomic mass is 10.1. The predicted molar refractivity (Wildman–Crippen MR) is 53.2 cm³/mol. The Labute approximate surface area is 81.7 Å². The van der Waals surface area contributed by atoms with Crippen LogP contribution in [-0.2, 0) is 6.42 Å². The van der Waals surface area contributed by atoms with E-state index in [-0.39, 0.29) is 0 Å². The Bertz CT molecular complexity index is 448. The second-order valence-electron chi connectivity index (χ2n) is 3.39. The molecule has 14 heavy (non-hydrogen) atoms. The molecule has 70 valence electrons. The second kappa shape index (κ2) is 2.87. The minimum absolute atomic E-state index is 0.807. The van der Waals surface area contributed by atoms with Crippen LogP contribution in [-0.4, -0.2) is 16.8 Å². The zero-order valence-corrected chi connectivity index (χ0v) is 7.66. The average molecular weight is 186 g/mol. The van der Waals surface area contributed by atoms with Crippen molar-refractivity contribution < 1.29 is 4.74 Å². The number of fused-ring (bicyclic) bond motifs is 1. The standard InChI is InChI=1S/C11H10N2O/c1-2-11-9(4-6-14-11)7-8(1)10-3-5-12-13-10/h1-3,5,7H,4,6H2,(H,12,13). The maximum absolute atomic E-state index is 5.44. The number of nitrogens with one attached hydrogen (secondary N) is 1. The molecule has 0 radical (unpaired) electrons. The van der Waals surface area contributed by atoms with Gasteiger partial charge in [-0.1, -0.05) is 0 Å². The van der Waals surface area contributed by atoms with E-state index in [1.807, 2.05) is 12.1 Å². The fourth-order valence-electron chi connectivity index (χ4n) is 1.77. The fourth-order valence-corrected chi connectivity index (χ4v) is 1.77. The number of ether oxygens (including phenoxy) is 1. The Morgan fingerprint density at radius 1 is 1.29 bits per heavy atom. The normalized spacial score (nSPS) is 13.7. The second-order valence-corrected chi connectivity index (χ2v) is 3.39. The maximum atomic E-state index is 5.44. The van der Waals surface area contributed by atoms with Crippen molar-refractivity contribution in [1.29, 1.82) is 0 Å². The molecule has 3 nitrogen and oxygen atoms in total. The summed E-state index contributed by atoms with van der Waals surface area (Å²) in [5.74, 6) is 1.02. The van der Waals surface area contributed by atoms with Gasteiger partial charge in [0.05, 0.1) is 12.3 Å². The number of aromatic nitrogens is 2. The van der Waals surface area contributed by atoms with Gasteiger partial charge in [0.2, 0.25) is 0 Å². The summed E-state index contributed by atoms with van der Waals surface area (Å²) in [6, 6.07) is 8.21. The molecule has 0 unspecified atom stereocenters. The Balaban J connectivity index is 2.09. The van der Waals surface area contributed by atoms with Crippen LogP contribution in [0.25, 0.3) is 11.3 Å². The van der Waals surface area contributed by atoms with Crippen LogP contribution in [0, 0.1) is 0 Å². The lowest BCUT2D eigenvalue weighted by Gasteiger charge is -2.01. The third-order valence-electron chi connectivity index (χ3n) is 2.50. The monoisotopic (exact) mass is 186 g/mol. The Morgan fingerprint density at radius 2 is 2.29 bits per heavy atom. The Morgan fingerprint density at radius 3 is 3.14 bits per heavy atom. The fraction of sp³-hybridized carbons (Fsp3) is 0.182. The van der Waals surface area contributed by atoms with E-state index in [1.165, 1.54) is 11.1 Å². The van der Waals surface area contributed by atoms with Crippen molar-refractivity contribution in [3.05, 3.63) is 36.0 Å². The van der Waals surface area contributed by atoms with Crippen molar-refractivity contribution in [2.45, 2.75) is 6.42 Å². The summed E-state index contributed by atoms with van der Waals surface area (Å²) in [6.45, 7) is 0.807. The number of hydrogen-bond acceptors (Lipinski definition) is 2. The largest absolute Gasteiger partial charge is 0.493 e. The molecule has 1 aromatic carbocycles. The molecular weight excluding hydrogens is 176 g/mol. The molecule has 0 saturated heterocycles. The molecule has 1 N–H and O–H groups in total. The van der Waals surface area contributed by atoms with Gasteiger partial charge in [0.1, 0.15) is 5.75 Å². The minimum Gasteiger partial charge on any atom is -0.493 e. The summed E-state index contributed by atoms with van der Waals surface area (Å²) in [7, 11) is 0. The molecule has 0 atom stereocenters. The quantitative estimate of drug-likeness (QED) is 0.739. The van der Waals surface area contributed by atoms with Crippen molar-refractivity contribution in [2.75, 3.05) is 6.61 Å². The highest BCUT2D eigenvalue weighted by molar-refractivity contribution is 5.62. The smallest absolute Gasteiger partial charge is 0.122 e. The van der Waals surface area contributed by atoms with Crippen LogP contribution < -0.4 is 4.74 Å². The summed E-state index contributed by atoms with van der Waals surface area (Å²) < 4.78 is 5.44. The molecule has 0 saturated carbocycles. The summed E-state index contributed by atoms with van der Waals surface area (Å²) >= 11 is 0. The van der Waals surface area contributed by atoms with Crippen LogP contribution in [0.3, 0.4) is 0 Å². The van der Waals surface area contributed by atoms with Crippen LogP contribution in [0.5, 0.6) is 5.75 Å². The molecule has 0 spiro atoms. The molecule has 3 heteroatoms. The lowest BCUT2D eigenvalue weighted by molar-refractivity contribution is 0.357. The van der Waals surface area contributed by atoms with Gasteiger partial charge in [-0.3, -0.25) is 5.10 Å². The summed E-state index contributed by atoms with van der Waals surface area (Å²) in [5, 5.41) is 6.89. The van der Waals surface area contributed by atoms with E-state index in [0.717, 1.165) is 24.5 Å². The minimum atomic E-state index is 0.807. The zero-order valence-electron chi connectivity index (χ0n) is 7.66. The number of nitrogens with zero attached hydrogens (tertiary/aromatic N) is 1. The summed E-state index contributed by atoms with van der Waals surface area (Å²) in [6.07, 6.45) is 2.77. The molecule has 0 fully saturated rings. The first kappa shape index (κ1) is 7.62. The van der Waals surface area contributed by atoms with Gasteiger partial charge in [-0.05, 0) is 29.8 Å². The van der Waals surface area contributed by atoms with Gasteiger partial charge < -0.3 is 4.74 Å². The van der Waals surface area contributed by atoms with E-state index < -0.39 is 0 Å². The Kier molecular flexibility index (Phi) is 1.56. The third-order valence-corrected chi connectivity index (χ3v) is 2.50. The molecule has 0 bridgehead atoms. The van der Waals surface area contributed by atoms with Crippen molar-refractivity contribution in [3.63, 3.8) is 0 Å². The van der Waals surface area contributed by atoms with Gasteiger partial charge in [0, 0.05) is 18.2 Å². The highest BCUT2D eigenvalue weighted by Crippen LogP contribution is 2.29. The maximum Gasteiger partial charge on any atom is 0.122 e. The van der Waals surface area contributed by atoms with E-state index in [2.05, 4.69) is 22.3 Å². The first-order chi connectivity index (χ1) is 6.93. The van der Waals surface area contributed by atoms with Gasteiger partial charge in [0.15, 0.2) is 0 Å². The topological polar surface area (TPSA) is 37.9 Å². The van der Waals surface area contributed by atoms with Gasteiger partial charge in [-0.2, -0.15) is 5.10 Å². The molecular formula is C11H10N2O. The van der Waals surface area contributed by atoms with Gasteiger partial charge in [0.25, 0.3) is 0 Å². The van der Waals surface area contributed by atoms with E-state index in [1.54, 1.807) is 6.20 Å². The van der Waals surface area contributed by atoms with Gasteiger partial charge in [-0.25, -0.2) is 0 Å². The van der Waals surface area contributed by atoms with Crippen molar-refractivity contribution in [3.8, 4) is 17.0 Å². The molecule has 2 aromatic rings. The average Bonchev–Trinajstić information content (AvgIpc) is 2.88. The third kappa shape index (κ3) is 1.09. The highest BCUT2D eigenvalue weighted by atomic mass is 16.5. The van der Waals surface area contributed by atoms with Crippen LogP contribution in [0.15, 0.2) is 30.5 Å². The van der Waals surface area contributed by atoms with Crippen LogP contribution in [0.1, 0.15) is 5.56 Å². The van der Waals surface area contributed by atoms with E-state index in [0.29, 0.717) is 0 Å². The van der Waals surface area contributed by atoms with Crippen LogP contribution in [0.2, 0.25) is 0 Å². The molecule has 1 aliphatic heterocycles. The highest BCUT2D eigenvalue weighted by Gasteiger charge is 2.12. The first-order valence-corrected chi connectivity index (χ1v) is 4.69. The van der Waals surface area contributed by atoms with Gasteiger partial charge in [-0.15, -0.1) is 0 Å². The van der Waals surface area contributed by atoms with Gasteiger partial charge >= 0.3 is 0 Å². The summed E-state index contributed by atoms with van der Waals surface area (Å²) in [4.78, 5) is 0. The van der Waals surface area contributed by atoms with Crippen molar-refractivity contribution in [1.82, 2.24) is 10.2 Å². The SMILES string of the molecule is c1cc(-c2ccc3c(c2)CCO3)[nH]n1. The number of aromatic amines is 1. The number of benzene rings is 1. The molecule has 2 heterocycles. The molecule has 0 amide bonds. The lowest BCUT2D eigenvalue weighted by Crippen LogP contribution is -1.85. The number of hydrogen-bond donors (Lipinski definition) is 1. The number of H-pyrrole nitrogens is 1. The molecule has 0 aliphatic carbocycles. The molecule has 1 aromatic heterocycles.